The van der Waals surface area contributed by atoms with Crippen LogP contribution in [-0.2, 0) is 8.85 Å². The summed E-state index contributed by atoms with van der Waals surface area (Å²) in [7, 11) is -5.17. The van der Waals surface area contributed by atoms with E-state index in [1.807, 2.05) is 0 Å². The summed E-state index contributed by atoms with van der Waals surface area (Å²) in [6.45, 7) is 35.1. The van der Waals surface area contributed by atoms with Crippen LogP contribution in [0, 0.1) is 0 Å². The number of hydrogen-bond donors (Lipinski definition) is 0. The van der Waals surface area contributed by atoms with Gasteiger partial charge in [-0.1, -0.05) is 169 Å². The molecule has 0 N–H and O–H groups in total. The molecule has 0 saturated heterocycles. The monoisotopic (exact) mass is 798 g/mol. The molecule has 0 bridgehead atoms. The van der Waals surface area contributed by atoms with Crippen LogP contribution in [-0.4, -0.2) is 25.4 Å². The first-order valence-electron chi connectivity index (χ1n) is 21.2. The minimum absolute atomic E-state index is 0.0840. The van der Waals surface area contributed by atoms with Crippen molar-refractivity contribution in [2.45, 2.75) is 147 Å². The summed E-state index contributed by atoms with van der Waals surface area (Å²) in [5.41, 5.74) is 15.3. The normalized spacial score (nSPS) is 24.4. The van der Waals surface area contributed by atoms with E-state index in [1.165, 1.54) is 55.7 Å². The molecule has 0 saturated carbocycles. The Hall–Kier alpha value is -3.07. The second kappa shape index (κ2) is 15.9. The van der Waals surface area contributed by atoms with Crippen molar-refractivity contribution >= 4 is 25.4 Å². The molecule has 6 unspecified atom stereocenters. The first-order valence-corrected chi connectivity index (χ1v) is 29.5. The van der Waals surface area contributed by atoms with E-state index in [0.717, 1.165) is 0 Å². The first kappa shape index (κ1) is 42.5. The Morgan fingerprint density at radius 2 is 0.875 bits per heavy atom. The maximum absolute atomic E-state index is 6.77. The van der Waals surface area contributed by atoms with Gasteiger partial charge in [0.2, 0.25) is 0 Å². The number of benzene rings is 2. The highest BCUT2D eigenvalue weighted by Crippen LogP contribution is 2.54. The Morgan fingerprint density at radius 1 is 0.536 bits per heavy atom. The van der Waals surface area contributed by atoms with Crippen LogP contribution >= 0.6 is 0 Å². The maximum atomic E-state index is 6.77. The number of hydrogen-bond acceptors (Lipinski definition) is 2. The summed E-state index contributed by atoms with van der Waals surface area (Å²) < 4.78 is 13.5. The van der Waals surface area contributed by atoms with Gasteiger partial charge >= 0.3 is 0 Å². The van der Waals surface area contributed by atoms with Crippen molar-refractivity contribution in [2.24, 2.45) is 0 Å². The third-order valence-corrected chi connectivity index (χ3v) is 27.3. The summed E-state index contributed by atoms with van der Waals surface area (Å²) >= 11 is 0. The molecule has 0 fully saturated rings. The molecule has 0 spiro atoms. The molecule has 0 radical (unpaired) electrons. The SMILES string of the molecule is CC1=CC2=C(C=CC=CC2c2ccc(C(C)O[Si](C)(C)C(C)(C)C)cc2)C1[SiH](C)C1C(C)=CC2=C1C=CC=CC2c1ccc(C(C)O[Si](C)(C)C(C)(C)C)cc1. The van der Waals surface area contributed by atoms with E-state index in [2.05, 4.69) is 211 Å². The van der Waals surface area contributed by atoms with Gasteiger partial charge in [-0.25, -0.2) is 0 Å². The minimum Gasteiger partial charge on any atom is -0.410 e. The molecule has 56 heavy (non-hydrogen) atoms. The minimum atomic E-state index is -1.87. The van der Waals surface area contributed by atoms with Crippen LogP contribution < -0.4 is 0 Å². The van der Waals surface area contributed by atoms with Gasteiger partial charge in [0.25, 0.3) is 0 Å². The van der Waals surface area contributed by atoms with Crippen LogP contribution in [0.2, 0.25) is 53.9 Å². The Bertz CT molecular complexity index is 1890. The van der Waals surface area contributed by atoms with E-state index in [9.17, 15) is 0 Å². The summed E-state index contributed by atoms with van der Waals surface area (Å²) in [5.74, 6) is 0.484. The highest BCUT2D eigenvalue weighted by atomic mass is 28.4. The third kappa shape index (κ3) is 8.40. The zero-order valence-electron chi connectivity index (χ0n) is 37.3. The van der Waals surface area contributed by atoms with Crippen molar-refractivity contribution in [1.82, 2.24) is 0 Å². The molecule has 4 aliphatic carbocycles. The summed E-state index contributed by atoms with van der Waals surface area (Å²) in [4.78, 5) is 0. The van der Waals surface area contributed by atoms with Crippen molar-refractivity contribution in [3.8, 4) is 0 Å². The molecular weight excluding hydrogens is 729 g/mol. The molecule has 4 aliphatic rings. The lowest BCUT2D eigenvalue weighted by atomic mass is 9.89. The van der Waals surface area contributed by atoms with E-state index in [1.54, 1.807) is 0 Å². The molecule has 0 aliphatic heterocycles. The van der Waals surface area contributed by atoms with Crippen molar-refractivity contribution in [3.63, 3.8) is 0 Å². The van der Waals surface area contributed by atoms with Crippen molar-refractivity contribution in [1.29, 1.82) is 0 Å². The van der Waals surface area contributed by atoms with Crippen LogP contribution in [0.15, 0.2) is 143 Å². The van der Waals surface area contributed by atoms with Gasteiger partial charge in [0, 0.05) is 11.8 Å². The Morgan fingerprint density at radius 3 is 1.20 bits per heavy atom. The molecule has 6 rings (SSSR count). The lowest BCUT2D eigenvalue weighted by Crippen LogP contribution is -2.41. The zero-order chi connectivity index (χ0) is 41.0. The van der Waals surface area contributed by atoms with Gasteiger partial charge in [-0.2, -0.15) is 0 Å². The van der Waals surface area contributed by atoms with Crippen LogP contribution in [0.5, 0.6) is 0 Å². The maximum Gasteiger partial charge on any atom is 0.192 e. The van der Waals surface area contributed by atoms with E-state index < -0.39 is 25.4 Å². The van der Waals surface area contributed by atoms with Gasteiger partial charge in [0.15, 0.2) is 16.6 Å². The predicted molar refractivity (Wildman–Crippen MR) is 250 cm³/mol. The van der Waals surface area contributed by atoms with E-state index in [0.29, 0.717) is 11.1 Å². The van der Waals surface area contributed by atoms with Gasteiger partial charge in [0.05, 0.1) is 21.0 Å². The standard InChI is InChI=1S/C51H70O2Si3/c1-34-32-46-42(40-28-24-38(25-29-40)36(3)52-55(12,13)50(5,6)7)20-16-18-22-44(46)48(34)54(11)49-35(2)33-47-43(21-17-19-23-45(47)49)41-30-26-39(27-31-41)37(4)53-56(14,15)51(8,9)10/h16-33,36-37,42-43,48-49,54H,1-15H3. The van der Waals surface area contributed by atoms with Crippen molar-refractivity contribution in [3.05, 3.63) is 165 Å². The fraction of sp³-hybridized carbons (Fsp3) is 0.451. The number of rotatable bonds is 10. The van der Waals surface area contributed by atoms with Crippen LogP contribution in [0.4, 0.5) is 0 Å². The Labute approximate surface area is 344 Å². The predicted octanol–water partition coefficient (Wildman–Crippen LogP) is 15.1. The Kier molecular flexibility index (Phi) is 12.1. The van der Waals surface area contributed by atoms with Crippen molar-refractivity contribution in [2.75, 3.05) is 0 Å². The van der Waals surface area contributed by atoms with Crippen LogP contribution in [0.3, 0.4) is 0 Å². The molecule has 0 amide bonds. The van der Waals surface area contributed by atoms with E-state index in [4.69, 9.17) is 8.85 Å². The van der Waals surface area contributed by atoms with Gasteiger partial charge < -0.3 is 8.85 Å². The second-order valence-corrected chi connectivity index (χ2v) is 32.8. The van der Waals surface area contributed by atoms with Gasteiger partial charge in [0.1, 0.15) is 0 Å². The fourth-order valence-corrected chi connectivity index (χ4v) is 15.7. The van der Waals surface area contributed by atoms with Gasteiger partial charge in [-0.15, -0.1) is 0 Å². The smallest absolute Gasteiger partial charge is 0.192 e. The largest absolute Gasteiger partial charge is 0.410 e. The zero-order valence-corrected chi connectivity index (χ0v) is 40.4. The highest BCUT2D eigenvalue weighted by molar-refractivity contribution is 6.74. The first-order chi connectivity index (χ1) is 26.1. The molecule has 2 aromatic rings. The highest BCUT2D eigenvalue weighted by Gasteiger charge is 2.42. The molecule has 2 aromatic carbocycles. The van der Waals surface area contributed by atoms with Gasteiger partial charge in [-0.05, 0) is 120 Å². The van der Waals surface area contributed by atoms with Gasteiger partial charge in [-0.3, -0.25) is 0 Å². The molecule has 298 valence electrons. The molecule has 2 nitrogen and oxygen atoms in total. The summed E-state index contributed by atoms with van der Waals surface area (Å²) in [5, 5.41) is 0.377. The molecule has 0 heterocycles. The average Bonchev–Trinajstić information content (AvgIpc) is 3.42. The fourth-order valence-electron chi connectivity index (χ4n) is 8.99. The van der Waals surface area contributed by atoms with Crippen LogP contribution in [0.1, 0.15) is 116 Å². The lowest BCUT2D eigenvalue weighted by Gasteiger charge is -2.38. The number of allylic oxidation sites excluding steroid dienone is 16. The Balaban J connectivity index is 1.24. The summed E-state index contributed by atoms with van der Waals surface area (Å²) in [6.07, 6.45) is 24.0. The van der Waals surface area contributed by atoms with E-state index in [-0.39, 0.29) is 34.1 Å². The second-order valence-electron chi connectivity index (χ2n) is 20.2. The molecule has 0 aromatic heterocycles. The third-order valence-electron chi connectivity index (χ3n) is 14.3. The molecule has 6 atom stereocenters. The van der Waals surface area contributed by atoms with Crippen molar-refractivity contribution < 1.29 is 8.85 Å². The van der Waals surface area contributed by atoms with E-state index >= 15 is 0 Å². The molecule has 5 heteroatoms. The lowest BCUT2D eigenvalue weighted by molar-refractivity contribution is 0.202. The van der Waals surface area contributed by atoms with Crippen LogP contribution in [0.25, 0.3) is 0 Å². The topological polar surface area (TPSA) is 18.5 Å². The average molecular weight is 799 g/mol. The quantitative estimate of drug-likeness (QED) is 0.223. The molecular formula is C51H70O2Si3. The summed E-state index contributed by atoms with van der Waals surface area (Å²) in [6, 6.07) is 18.6.